The Kier molecular flexibility index (Phi) is 6.92. The van der Waals surface area contributed by atoms with Crippen molar-refractivity contribution in [3.63, 3.8) is 0 Å². The van der Waals surface area contributed by atoms with E-state index in [1.807, 2.05) is 71.6 Å². The highest BCUT2D eigenvalue weighted by Crippen LogP contribution is 2.45. The SMILES string of the molecule is N#Cc1ccc(C2(O)CC3CCCC(C2)N3C(=O)OCc2ccccc2)cc1OCc1ccccc1. The van der Waals surface area contributed by atoms with Gasteiger partial charge in [0.15, 0.2) is 0 Å². The van der Waals surface area contributed by atoms with E-state index in [1.165, 1.54) is 0 Å². The first-order valence-electron chi connectivity index (χ1n) is 12.5. The first-order valence-corrected chi connectivity index (χ1v) is 12.5. The van der Waals surface area contributed by atoms with Crippen LogP contribution in [0.3, 0.4) is 0 Å². The Hall–Kier alpha value is -3.82. The molecule has 0 saturated carbocycles. The first kappa shape index (κ1) is 23.9. The van der Waals surface area contributed by atoms with Gasteiger partial charge in [-0.15, -0.1) is 0 Å². The average molecular weight is 483 g/mol. The van der Waals surface area contributed by atoms with Gasteiger partial charge < -0.3 is 19.5 Å². The fourth-order valence-electron chi connectivity index (χ4n) is 5.52. The molecular formula is C30H30N2O4. The van der Waals surface area contributed by atoms with Gasteiger partial charge in [-0.1, -0.05) is 66.7 Å². The molecule has 36 heavy (non-hydrogen) atoms. The highest BCUT2D eigenvalue weighted by atomic mass is 16.6. The van der Waals surface area contributed by atoms with Gasteiger partial charge in [-0.3, -0.25) is 0 Å². The molecular weight excluding hydrogens is 452 g/mol. The van der Waals surface area contributed by atoms with E-state index in [-0.39, 0.29) is 24.8 Å². The maximum Gasteiger partial charge on any atom is 0.410 e. The Labute approximate surface area is 211 Å². The molecule has 2 aliphatic rings. The van der Waals surface area contributed by atoms with Crippen LogP contribution < -0.4 is 4.74 Å². The fraction of sp³-hybridized carbons (Fsp3) is 0.333. The number of piperidine rings is 2. The molecule has 6 nitrogen and oxygen atoms in total. The van der Waals surface area contributed by atoms with Gasteiger partial charge in [0, 0.05) is 24.9 Å². The van der Waals surface area contributed by atoms with Gasteiger partial charge in [-0.2, -0.15) is 5.26 Å². The number of ether oxygens (including phenoxy) is 2. The molecule has 0 spiro atoms. The quantitative estimate of drug-likeness (QED) is 0.489. The van der Waals surface area contributed by atoms with Crippen LogP contribution in [0.5, 0.6) is 5.75 Å². The molecule has 2 heterocycles. The fourth-order valence-corrected chi connectivity index (χ4v) is 5.52. The normalized spacial score (nSPS) is 22.9. The maximum absolute atomic E-state index is 13.1. The number of nitriles is 1. The van der Waals surface area contributed by atoms with Crippen LogP contribution in [-0.2, 0) is 23.6 Å². The Morgan fingerprint density at radius 2 is 1.56 bits per heavy atom. The molecule has 2 aliphatic heterocycles. The van der Waals surface area contributed by atoms with E-state index in [1.54, 1.807) is 12.1 Å². The molecule has 0 radical (unpaired) electrons. The average Bonchev–Trinajstić information content (AvgIpc) is 2.91. The van der Waals surface area contributed by atoms with Crippen molar-refractivity contribution in [2.24, 2.45) is 0 Å². The van der Waals surface area contributed by atoms with Crippen LogP contribution in [0.2, 0.25) is 0 Å². The standard InChI is InChI=1S/C30H30N2O4/c31-19-24-14-15-25(16-28(24)35-20-22-8-3-1-4-9-22)30(34)17-26-12-7-13-27(18-30)32(26)29(33)36-21-23-10-5-2-6-11-23/h1-6,8-11,14-16,26-27,34H,7,12-13,17-18,20-21H2. The molecule has 184 valence electrons. The van der Waals surface area contributed by atoms with Gasteiger partial charge in [-0.05, 0) is 48.1 Å². The number of nitrogens with zero attached hydrogens (tertiary/aromatic N) is 2. The maximum atomic E-state index is 13.1. The van der Waals surface area contributed by atoms with Crippen molar-refractivity contribution in [3.8, 4) is 11.8 Å². The predicted octanol–water partition coefficient (Wildman–Crippen LogP) is 5.68. The molecule has 2 saturated heterocycles. The lowest BCUT2D eigenvalue weighted by Gasteiger charge is -2.51. The minimum Gasteiger partial charge on any atom is -0.488 e. The van der Waals surface area contributed by atoms with Crippen molar-refractivity contribution in [3.05, 3.63) is 101 Å². The Morgan fingerprint density at radius 1 is 0.944 bits per heavy atom. The van der Waals surface area contributed by atoms with E-state index in [4.69, 9.17) is 9.47 Å². The van der Waals surface area contributed by atoms with Crippen LogP contribution in [0.25, 0.3) is 0 Å². The van der Waals surface area contributed by atoms with Gasteiger partial charge in [0.25, 0.3) is 0 Å². The predicted molar refractivity (Wildman–Crippen MR) is 135 cm³/mol. The number of hydrogen-bond donors (Lipinski definition) is 1. The lowest BCUT2D eigenvalue weighted by Crippen LogP contribution is -2.58. The lowest BCUT2D eigenvalue weighted by atomic mass is 9.72. The zero-order valence-electron chi connectivity index (χ0n) is 20.2. The van der Waals surface area contributed by atoms with Crippen LogP contribution in [0, 0.1) is 11.3 Å². The summed E-state index contributed by atoms with van der Waals surface area (Å²) in [7, 11) is 0. The molecule has 6 heteroatoms. The largest absolute Gasteiger partial charge is 0.488 e. The lowest BCUT2D eigenvalue weighted by molar-refractivity contribution is -0.0897. The van der Waals surface area contributed by atoms with E-state index in [0.717, 1.165) is 36.0 Å². The number of aliphatic hydroxyl groups is 1. The summed E-state index contributed by atoms with van der Waals surface area (Å²) in [5, 5.41) is 21.4. The minimum absolute atomic E-state index is 0.102. The van der Waals surface area contributed by atoms with E-state index in [0.29, 0.717) is 30.8 Å². The summed E-state index contributed by atoms with van der Waals surface area (Å²) in [5.41, 5.74) is 2.00. The highest BCUT2D eigenvalue weighted by molar-refractivity contribution is 5.69. The number of benzene rings is 3. The van der Waals surface area contributed by atoms with E-state index in [9.17, 15) is 15.2 Å². The molecule has 2 unspecified atom stereocenters. The number of fused-ring (bicyclic) bond motifs is 2. The Balaban J connectivity index is 1.32. The summed E-state index contributed by atoms with van der Waals surface area (Å²) in [6, 6.07) is 26.7. The molecule has 0 aliphatic carbocycles. The molecule has 2 atom stereocenters. The number of amides is 1. The third kappa shape index (κ3) is 5.07. The van der Waals surface area contributed by atoms with Crippen molar-refractivity contribution < 1.29 is 19.4 Å². The zero-order valence-corrected chi connectivity index (χ0v) is 20.2. The smallest absolute Gasteiger partial charge is 0.410 e. The van der Waals surface area contributed by atoms with Crippen molar-refractivity contribution in [2.45, 2.75) is 63.0 Å². The summed E-state index contributed by atoms with van der Waals surface area (Å²) in [6.45, 7) is 0.571. The number of carbonyl (C=O) groups excluding carboxylic acids is 1. The van der Waals surface area contributed by atoms with Gasteiger partial charge in [0.1, 0.15) is 25.0 Å². The summed E-state index contributed by atoms with van der Waals surface area (Å²) in [4.78, 5) is 14.9. The Bertz CT molecular complexity index is 1220. The van der Waals surface area contributed by atoms with Crippen LogP contribution in [0.15, 0.2) is 78.9 Å². The summed E-state index contributed by atoms with van der Waals surface area (Å²) < 4.78 is 11.7. The molecule has 3 aromatic rings. The molecule has 3 aromatic carbocycles. The first-order chi connectivity index (χ1) is 17.6. The number of rotatable bonds is 6. The minimum atomic E-state index is -1.11. The second-order valence-electron chi connectivity index (χ2n) is 9.72. The number of hydrogen-bond acceptors (Lipinski definition) is 5. The monoisotopic (exact) mass is 482 g/mol. The molecule has 5 rings (SSSR count). The van der Waals surface area contributed by atoms with E-state index < -0.39 is 5.60 Å². The molecule has 1 amide bonds. The third-order valence-electron chi connectivity index (χ3n) is 7.30. The van der Waals surface area contributed by atoms with Crippen molar-refractivity contribution in [1.82, 2.24) is 4.90 Å². The van der Waals surface area contributed by atoms with Crippen LogP contribution in [0.4, 0.5) is 4.79 Å². The Morgan fingerprint density at radius 3 is 2.17 bits per heavy atom. The molecule has 1 N–H and O–H groups in total. The zero-order chi connectivity index (χ0) is 25.0. The molecule has 0 aromatic heterocycles. The van der Waals surface area contributed by atoms with E-state index in [2.05, 4.69) is 6.07 Å². The molecule has 2 fully saturated rings. The molecule has 2 bridgehead atoms. The summed E-state index contributed by atoms with van der Waals surface area (Å²) in [5.74, 6) is 0.460. The van der Waals surface area contributed by atoms with Crippen molar-refractivity contribution >= 4 is 6.09 Å². The summed E-state index contributed by atoms with van der Waals surface area (Å²) >= 11 is 0. The number of carbonyl (C=O) groups is 1. The van der Waals surface area contributed by atoms with Gasteiger partial charge in [-0.25, -0.2) is 4.79 Å². The van der Waals surface area contributed by atoms with Gasteiger partial charge in [0.2, 0.25) is 0 Å². The van der Waals surface area contributed by atoms with Crippen LogP contribution in [-0.4, -0.2) is 28.2 Å². The van der Waals surface area contributed by atoms with Crippen molar-refractivity contribution in [2.75, 3.05) is 0 Å². The van der Waals surface area contributed by atoms with E-state index >= 15 is 0 Å². The van der Waals surface area contributed by atoms with Gasteiger partial charge >= 0.3 is 6.09 Å². The van der Waals surface area contributed by atoms with Crippen molar-refractivity contribution in [1.29, 1.82) is 5.26 Å². The van der Waals surface area contributed by atoms with Crippen LogP contribution in [0.1, 0.15) is 54.4 Å². The van der Waals surface area contributed by atoms with Crippen LogP contribution >= 0.6 is 0 Å². The topological polar surface area (TPSA) is 82.8 Å². The third-order valence-corrected chi connectivity index (χ3v) is 7.30. The second-order valence-corrected chi connectivity index (χ2v) is 9.72. The second kappa shape index (κ2) is 10.4. The summed E-state index contributed by atoms with van der Waals surface area (Å²) in [6.07, 6.45) is 3.20. The van der Waals surface area contributed by atoms with Gasteiger partial charge in [0.05, 0.1) is 11.2 Å². The highest BCUT2D eigenvalue weighted by Gasteiger charge is 2.48.